The summed E-state index contributed by atoms with van der Waals surface area (Å²) in [5, 5.41) is 0. The Morgan fingerprint density at radius 1 is 0.676 bits per heavy atom. The van der Waals surface area contributed by atoms with Gasteiger partial charge in [0.25, 0.3) is 0 Å². The summed E-state index contributed by atoms with van der Waals surface area (Å²) in [6, 6.07) is 21.8. The third-order valence-electron chi connectivity index (χ3n) is 5.03. The molecule has 0 N–H and O–H groups in total. The molecule has 37 heavy (non-hydrogen) atoms. The Labute approximate surface area is 209 Å². The summed E-state index contributed by atoms with van der Waals surface area (Å²) in [6.45, 7) is 0. The molecule has 0 saturated heterocycles. The van der Waals surface area contributed by atoms with Crippen molar-refractivity contribution >= 4 is 15.2 Å². The molecule has 5 nitrogen and oxygen atoms in total. The van der Waals surface area contributed by atoms with Gasteiger partial charge in [0.15, 0.2) is 6.10 Å². The molecule has 0 saturated carbocycles. The van der Waals surface area contributed by atoms with Crippen molar-refractivity contribution in [1.82, 2.24) is 0 Å². The fraction of sp³-hybridized carbons (Fsp3) is 0.115. The second-order valence-electron chi connectivity index (χ2n) is 7.67. The van der Waals surface area contributed by atoms with Crippen molar-refractivity contribution in [2.45, 2.75) is 18.2 Å². The number of alkyl halides is 5. The van der Waals surface area contributed by atoms with Crippen molar-refractivity contribution in [2.24, 2.45) is 0 Å². The van der Waals surface area contributed by atoms with Gasteiger partial charge in [-0.05, 0) is 48.6 Å². The zero-order valence-electron chi connectivity index (χ0n) is 18.7. The lowest BCUT2D eigenvalue weighted by Gasteiger charge is -2.25. The van der Waals surface area contributed by atoms with Crippen LogP contribution in [0.2, 0.25) is 0 Å². The topological polar surface area (TPSA) is 61.8 Å². The second kappa shape index (κ2) is 10.5. The first-order valence-electron chi connectivity index (χ1n) is 10.6. The fourth-order valence-electron chi connectivity index (χ4n) is 3.29. The predicted molar refractivity (Wildman–Crippen MR) is 126 cm³/mol. The number of hydrogen-bond donors (Lipinski definition) is 0. The Hall–Kier alpha value is -4.12. The van der Waals surface area contributed by atoms with Crippen molar-refractivity contribution in [3.8, 4) is 28.7 Å². The molecule has 1 aliphatic rings. The van der Waals surface area contributed by atoms with Gasteiger partial charge >= 0.3 is 12.1 Å². The van der Waals surface area contributed by atoms with Gasteiger partial charge in [0.1, 0.15) is 33.6 Å². The van der Waals surface area contributed by atoms with Gasteiger partial charge in [-0.25, -0.2) is 0 Å². The van der Waals surface area contributed by atoms with E-state index in [0.29, 0.717) is 29.1 Å². The maximum Gasteiger partial charge on any atom is 0.458 e. The first kappa shape index (κ1) is 26.0. The van der Waals surface area contributed by atoms with E-state index in [1.54, 1.807) is 42.5 Å². The van der Waals surface area contributed by atoms with Crippen molar-refractivity contribution in [2.75, 3.05) is 0 Å². The van der Waals surface area contributed by atoms with E-state index in [4.69, 9.17) is 14.2 Å². The molecular weight excluding hydrogens is 519 g/mol. The molecule has 0 amide bonds. The highest BCUT2D eigenvalue weighted by Gasteiger charge is 2.59. The van der Waals surface area contributed by atoms with Gasteiger partial charge in [-0.15, -0.1) is 0 Å². The monoisotopic (exact) mass is 536 g/mol. The van der Waals surface area contributed by atoms with Crippen LogP contribution in [-0.4, -0.2) is 31.5 Å². The SMILES string of the molecule is O=S(=O)=C1C=C(C(F)(F)C(F)(F)F)C=CC1Oc1cccc(Oc2cccc(Oc3ccccc3)c2)c1. The average molecular weight is 536 g/mol. The van der Waals surface area contributed by atoms with Crippen molar-refractivity contribution in [3.63, 3.8) is 0 Å². The molecule has 0 radical (unpaired) electrons. The van der Waals surface area contributed by atoms with E-state index in [2.05, 4.69) is 0 Å². The first-order valence-corrected chi connectivity index (χ1v) is 11.7. The number of rotatable bonds is 7. The Kier molecular flexibility index (Phi) is 7.35. The van der Waals surface area contributed by atoms with Crippen LogP contribution in [0.25, 0.3) is 0 Å². The smallest absolute Gasteiger partial charge is 0.458 e. The van der Waals surface area contributed by atoms with Crippen LogP contribution in [0, 0.1) is 0 Å². The number of benzene rings is 3. The molecule has 0 heterocycles. The van der Waals surface area contributed by atoms with Gasteiger partial charge in [0.05, 0.1) is 0 Å². The Bertz CT molecular complexity index is 1470. The van der Waals surface area contributed by atoms with E-state index < -0.39 is 38.9 Å². The number of halogens is 5. The summed E-state index contributed by atoms with van der Waals surface area (Å²) in [7, 11) is -3.13. The molecular formula is C26H17F5O5S. The van der Waals surface area contributed by atoms with Crippen LogP contribution in [0.15, 0.2) is 103 Å². The maximum atomic E-state index is 13.7. The molecule has 3 aromatic carbocycles. The molecule has 0 aromatic heterocycles. The zero-order chi connectivity index (χ0) is 26.6. The van der Waals surface area contributed by atoms with E-state index in [1.807, 2.05) is 18.2 Å². The molecule has 4 rings (SSSR count). The lowest BCUT2D eigenvalue weighted by atomic mass is 9.99. The van der Waals surface area contributed by atoms with E-state index in [0.717, 1.165) is 6.08 Å². The lowest BCUT2D eigenvalue weighted by Crippen LogP contribution is -2.40. The zero-order valence-corrected chi connectivity index (χ0v) is 19.5. The van der Waals surface area contributed by atoms with Crippen LogP contribution >= 0.6 is 0 Å². The third kappa shape index (κ3) is 6.18. The first-order chi connectivity index (χ1) is 17.5. The van der Waals surface area contributed by atoms with Gasteiger partial charge in [-0.1, -0.05) is 36.4 Å². The molecule has 1 unspecified atom stereocenters. The number of allylic oxidation sites excluding steroid dienone is 2. The minimum atomic E-state index is -5.89. The van der Waals surface area contributed by atoms with Crippen molar-refractivity contribution < 1.29 is 44.6 Å². The minimum absolute atomic E-state index is 0.0891. The summed E-state index contributed by atoms with van der Waals surface area (Å²) >= 11 is 0. The highest BCUT2D eigenvalue weighted by atomic mass is 32.2. The molecule has 1 atom stereocenters. The number of hydrogen-bond acceptors (Lipinski definition) is 5. The molecule has 0 bridgehead atoms. The van der Waals surface area contributed by atoms with E-state index in [1.165, 1.54) is 18.2 Å². The van der Waals surface area contributed by atoms with Gasteiger partial charge in [-0.2, -0.15) is 30.4 Å². The highest BCUT2D eigenvalue weighted by molar-refractivity contribution is 7.73. The van der Waals surface area contributed by atoms with Crippen LogP contribution in [0.3, 0.4) is 0 Å². The summed E-state index contributed by atoms with van der Waals surface area (Å²) in [5.41, 5.74) is -1.51. The largest absolute Gasteiger partial charge is 0.480 e. The van der Waals surface area contributed by atoms with Crippen LogP contribution < -0.4 is 14.2 Å². The summed E-state index contributed by atoms with van der Waals surface area (Å²) in [5.74, 6) is -3.29. The predicted octanol–water partition coefficient (Wildman–Crippen LogP) is 6.76. The number of ether oxygens (including phenoxy) is 3. The van der Waals surface area contributed by atoms with Crippen molar-refractivity contribution in [3.05, 3.63) is 103 Å². The Morgan fingerprint density at radius 2 is 1.19 bits per heavy atom. The summed E-state index contributed by atoms with van der Waals surface area (Å²) in [6.07, 6.45) is -5.74. The molecule has 11 heteroatoms. The van der Waals surface area contributed by atoms with Crippen LogP contribution in [0.1, 0.15) is 0 Å². The normalized spacial score (nSPS) is 15.6. The molecule has 1 aliphatic carbocycles. The lowest BCUT2D eigenvalue weighted by molar-refractivity contribution is -0.262. The fourth-order valence-corrected chi connectivity index (χ4v) is 3.83. The summed E-state index contributed by atoms with van der Waals surface area (Å²) < 4.78 is 106. The van der Waals surface area contributed by atoms with Crippen molar-refractivity contribution in [1.29, 1.82) is 0 Å². The van der Waals surface area contributed by atoms with E-state index >= 15 is 0 Å². The van der Waals surface area contributed by atoms with E-state index in [9.17, 15) is 30.4 Å². The molecule has 0 aliphatic heterocycles. The average Bonchev–Trinajstić information content (AvgIpc) is 2.84. The third-order valence-corrected chi connectivity index (χ3v) is 5.76. The van der Waals surface area contributed by atoms with Gasteiger partial charge in [0, 0.05) is 17.7 Å². The van der Waals surface area contributed by atoms with Gasteiger partial charge in [-0.3, -0.25) is 0 Å². The highest BCUT2D eigenvalue weighted by Crippen LogP contribution is 2.42. The second-order valence-corrected chi connectivity index (χ2v) is 8.61. The minimum Gasteiger partial charge on any atom is -0.480 e. The molecule has 0 fully saturated rings. The van der Waals surface area contributed by atoms with Crippen LogP contribution in [0.4, 0.5) is 22.0 Å². The standard InChI is InChI=1S/C26H17F5O5S/c27-25(28,26(29,30)31)17-12-13-23(24(14-17)37(32)33)36-22-11-5-10-21(16-22)35-20-9-4-8-19(15-20)34-18-6-2-1-3-7-18/h1-16,23H. The summed E-state index contributed by atoms with van der Waals surface area (Å²) in [4.78, 5) is -0.779. The number of para-hydroxylation sites is 1. The van der Waals surface area contributed by atoms with Gasteiger partial charge in [0.2, 0.25) is 10.3 Å². The quantitative estimate of drug-likeness (QED) is 0.247. The van der Waals surface area contributed by atoms with E-state index in [-0.39, 0.29) is 11.8 Å². The molecule has 0 spiro atoms. The van der Waals surface area contributed by atoms with Crippen LogP contribution in [0.5, 0.6) is 28.7 Å². The van der Waals surface area contributed by atoms with Gasteiger partial charge < -0.3 is 14.2 Å². The molecule has 192 valence electrons. The Morgan fingerprint density at radius 3 is 1.76 bits per heavy atom. The Balaban J connectivity index is 1.50. The molecule has 3 aromatic rings. The maximum absolute atomic E-state index is 13.7. The van der Waals surface area contributed by atoms with Crippen LogP contribution in [-0.2, 0) is 10.3 Å².